The van der Waals surface area contributed by atoms with Crippen LogP contribution in [0.5, 0.6) is 11.5 Å². The zero-order valence-corrected chi connectivity index (χ0v) is 26.4. The van der Waals surface area contributed by atoms with E-state index in [0.717, 1.165) is 24.2 Å². The number of carbonyl (C=O) groups excluding carboxylic acids is 2. The first kappa shape index (κ1) is 35.1. The summed E-state index contributed by atoms with van der Waals surface area (Å²) >= 11 is 0. The summed E-state index contributed by atoms with van der Waals surface area (Å²) in [6, 6.07) is 14.1. The second kappa shape index (κ2) is 22.5. The number of rotatable bonds is 23. The van der Waals surface area contributed by atoms with Gasteiger partial charge in [-0.3, -0.25) is 0 Å². The van der Waals surface area contributed by atoms with Gasteiger partial charge < -0.3 is 14.2 Å². The molecule has 0 atom stereocenters. The van der Waals surface area contributed by atoms with Crippen molar-refractivity contribution in [3.8, 4) is 11.5 Å². The van der Waals surface area contributed by atoms with E-state index in [1.54, 1.807) is 42.5 Å². The van der Waals surface area contributed by atoms with E-state index in [0.29, 0.717) is 30.4 Å². The molecular weight excluding hydrogens is 524 g/mol. The molecule has 0 spiro atoms. The van der Waals surface area contributed by atoms with Gasteiger partial charge in [-0.25, -0.2) is 9.59 Å². The summed E-state index contributed by atoms with van der Waals surface area (Å²) in [5, 5.41) is 0. The molecule has 0 amide bonds. The largest absolute Gasteiger partial charge is 0.494 e. The molecule has 5 nitrogen and oxygen atoms in total. The van der Waals surface area contributed by atoms with Crippen LogP contribution < -0.4 is 9.47 Å². The third kappa shape index (κ3) is 17.0. The van der Waals surface area contributed by atoms with Crippen molar-refractivity contribution in [3.05, 3.63) is 65.7 Å². The number of esters is 2. The van der Waals surface area contributed by atoms with Crippen LogP contribution in [0.15, 0.2) is 54.6 Å². The van der Waals surface area contributed by atoms with Crippen molar-refractivity contribution in [1.82, 2.24) is 0 Å². The maximum absolute atomic E-state index is 12.5. The smallest absolute Gasteiger partial charge is 0.343 e. The fourth-order valence-corrected chi connectivity index (χ4v) is 4.59. The average Bonchev–Trinajstić information content (AvgIpc) is 2.99. The molecule has 0 saturated heterocycles. The highest BCUT2D eigenvalue weighted by Crippen LogP contribution is 2.18. The van der Waals surface area contributed by atoms with E-state index in [-0.39, 0.29) is 5.97 Å². The molecule has 0 aliphatic heterocycles. The summed E-state index contributed by atoms with van der Waals surface area (Å²) in [4.78, 5) is 24.3. The van der Waals surface area contributed by atoms with E-state index in [1.807, 2.05) is 12.1 Å². The molecule has 0 aliphatic rings. The van der Waals surface area contributed by atoms with E-state index in [2.05, 4.69) is 20.8 Å². The standard InChI is InChI=1S/C37H54O5/c1-4-5-6-7-8-9-10-11-12-13-14-15-16-17-29-40-34-25-21-33(22-26-34)37(39)42-35-23-18-32(19-24-35)20-27-36(38)41-30-28-31(2)3/h18-27,31H,4-17,28-30H2,1-3H3/b27-20+. The summed E-state index contributed by atoms with van der Waals surface area (Å²) < 4.78 is 16.5. The fraction of sp³-hybridized carbons (Fsp3) is 0.568. The van der Waals surface area contributed by atoms with Crippen LogP contribution in [0.25, 0.3) is 6.08 Å². The van der Waals surface area contributed by atoms with Crippen molar-refractivity contribution >= 4 is 18.0 Å². The third-order valence-electron chi connectivity index (χ3n) is 7.30. The molecule has 0 bridgehead atoms. The Morgan fingerprint density at radius 1 is 0.667 bits per heavy atom. The molecule has 0 unspecified atom stereocenters. The Kier molecular flexibility index (Phi) is 18.8. The zero-order chi connectivity index (χ0) is 30.3. The second-order valence-electron chi connectivity index (χ2n) is 11.6. The van der Waals surface area contributed by atoms with Gasteiger partial charge in [0.2, 0.25) is 0 Å². The van der Waals surface area contributed by atoms with Gasteiger partial charge >= 0.3 is 11.9 Å². The quantitative estimate of drug-likeness (QED) is 0.0568. The molecule has 0 aromatic heterocycles. The molecule has 0 heterocycles. The molecule has 0 N–H and O–H groups in total. The van der Waals surface area contributed by atoms with Gasteiger partial charge in [0.25, 0.3) is 0 Å². The zero-order valence-electron chi connectivity index (χ0n) is 26.4. The first-order chi connectivity index (χ1) is 20.5. The first-order valence-corrected chi connectivity index (χ1v) is 16.4. The van der Waals surface area contributed by atoms with Crippen LogP contribution in [-0.4, -0.2) is 25.2 Å². The number of ether oxygens (including phenoxy) is 3. The normalized spacial score (nSPS) is 11.2. The lowest BCUT2D eigenvalue weighted by molar-refractivity contribution is -0.137. The Balaban J connectivity index is 1.55. The molecule has 42 heavy (non-hydrogen) atoms. The highest BCUT2D eigenvalue weighted by Gasteiger charge is 2.09. The van der Waals surface area contributed by atoms with Gasteiger partial charge in [0.1, 0.15) is 11.5 Å². The maximum Gasteiger partial charge on any atom is 0.343 e. The number of benzene rings is 2. The molecule has 0 fully saturated rings. The lowest BCUT2D eigenvalue weighted by Crippen LogP contribution is -2.08. The third-order valence-corrected chi connectivity index (χ3v) is 7.30. The van der Waals surface area contributed by atoms with Gasteiger partial charge in [0, 0.05) is 6.08 Å². The fourth-order valence-electron chi connectivity index (χ4n) is 4.59. The van der Waals surface area contributed by atoms with Crippen LogP contribution in [0.2, 0.25) is 0 Å². The van der Waals surface area contributed by atoms with Gasteiger partial charge in [-0.2, -0.15) is 0 Å². The van der Waals surface area contributed by atoms with Crippen LogP contribution >= 0.6 is 0 Å². The van der Waals surface area contributed by atoms with E-state index in [1.165, 1.54) is 89.5 Å². The number of unbranched alkanes of at least 4 members (excludes halogenated alkanes) is 13. The van der Waals surface area contributed by atoms with E-state index >= 15 is 0 Å². The molecule has 2 aromatic rings. The molecule has 0 aliphatic carbocycles. The molecule has 0 saturated carbocycles. The van der Waals surface area contributed by atoms with Crippen molar-refractivity contribution in [2.45, 2.75) is 117 Å². The Labute approximate surface area is 255 Å². The summed E-state index contributed by atoms with van der Waals surface area (Å²) in [7, 11) is 0. The minimum Gasteiger partial charge on any atom is -0.494 e. The van der Waals surface area contributed by atoms with Crippen molar-refractivity contribution in [2.75, 3.05) is 13.2 Å². The first-order valence-electron chi connectivity index (χ1n) is 16.4. The summed E-state index contributed by atoms with van der Waals surface area (Å²) in [5.74, 6) is 0.908. The van der Waals surface area contributed by atoms with Crippen LogP contribution in [0.3, 0.4) is 0 Å². The predicted octanol–water partition coefficient (Wildman–Crippen LogP) is 10.4. The summed E-state index contributed by atoms with van der Waals surface area (Å²) in [6.07, 6.45) is 22.7. The van der Waals surface area contributed by atoms with E-state index in [9.17, 15) is 9.59 Å². The summed E-state index contributed by atoms with van der Waals surface area (Å²) in [5.41, 5.74) is 1.28. The van der Waals surface area contributed by atoms with Crippen LogP contribution in [0.4, 0.5) is 0 Å². The molecule has 2 aromatic carbocycles. The molecule has 232 valence electrons. The molecule has 2 rings (SSSR count). The Bertz CT molecular complexity index is 1010. The minimum absolute atomic E-state index is 0.363. The van der Waals surface area contributed by atoms with Crippen molar-refractivity contribution in [2.24, 2.45) is 5.92 Å². The molecule has 5 heteroatoms. The minimum atomic E-state index is -0.425. The lowest BCUT2D eigenvalue weighted by atomic mass is 10.0. The van der Waals surface area contributed by atoms with Crippen LogP contribution in [0, 0.1) is 5.92 Å². The molecular formula is C37H54O5. The number of hydrogen-bond acceptors (Lipinski definition) is 5. The topological polar surface area (TPSA) is 61.8 Å². The Morgan fingerprint density at radius 3 is 1.74 bits per heavy atom. The van der Waals surface area contributed by atoms with Crippen molar-refractivity contribution in [3.63, 3.8) is 0 Å². The predicted molar refractivity (Wildman–Crippen MR) is 173 cm³/mol. The highest BCUT2D eigenvalue weighted by molar-refractivity contribution is 5.91. The number of carbonyl (C=O) groups is 2. The van der Waals surface area contributed by atoms with Crippen molar-refractivity contribution in [1.29, 1.82) is 0 Å². The van der Waals surface area contributed by atoms with E-state index in [4.69, 9.17) is 14.2 Å². The van der Waals surface area contributed by atoms with Gasteiger partial charge in [0.05, 0.1) is 18.8 Å². The highest BCUT2D eigenvalue weighted by atomic mass is 16.5. The van der Waals surface area contributed by atoms with Gasteiger partial charge in [-0.05, 0) is 66.8 Å². The van der Waals surface area contributed by atoms with Crippen LogP contribution in [0.1, 0.15) is 133 Å². The monoisotopic (exact) mass is 578 g/mol. The Hall–Kier alpha value is -3.08. The average molecular weight is 579 g/mol. The van der Waals surface area contributed by atoms with E-state index < -0.39 is 5.97 Å². The second-order valence-corrected chi connectivity index (χ2v) is 11.6. The SMILES string of the molecule is CCCCCCCCCCCCCCCCOc1ccc(C(=O)Oc2ccc(/C=C/C(=O)OCCC(C)C)cc2)cc1. The van der Waals surface area contributed by atoms with Gasteiger partial charge in [-0.1, -0.05) is 116 Å². The molecule has 0 radical (unpaired) electrons. The maximum atomic E-state index is 12.5. The Morgan fingerprint density at radius 2 is 1.19 bits per heavy atom. The number of hydrogen-bond donors (Lipinski definition) is 0. The summed E-state index contributed by atoms with van der Waals surface area (Å²) in [6.45, 7) is 7.56. The lowest BCUT2D eigenvalue weighted by Gasteiger charge is -2.08. The van der Waals surface area contributed by atoms with Gasteiger partial charge in [0.15, 0.2) is 0 Å². The van der Waals surface area contributed by atoms with Crippen molar-refractivity contribution < 1.29 is 23.8 Å². The van der Waals surface area contributed by atoms with Crippen LogP contribution in [-0.2, 0) is 9.53 Å². The van der Waals surface area contributed by atoms with Gasteiger partial charge in [-0.15, -0.1) is 0 Å².